The van der Waals surface area contributed by atoms with Gasteiger partial charge >= 0.3 is 5.97 Å². The lowest BCUT2D eigenvalue weighted by atomic mass is 9.70. The number of esters is 1. The van der Waals surface area contributed by atoms with Crippen LogP contribution in [0.5, 0.6) is 0 Å². The third kappa shape index (κ3) is 3.66. The van der Waals surface area contributed by atoms with Crippen LogP contribution in [-0.2, 0) is 30.4 Å². The summed E-state index contributed by atoms with van der Waals surface area (Å²) in [6.45, 7) is 2.36. The van der Waals surface area contributed by atoms with E-state index in [1.54, 1.807) is 6.92 Å². The molecular weight excluding hydrogens is 468 g/mol. The van der Waals surface area contributed by atoms with E-state index >= 15 is 0 Å². The molecule has 168 valence electrons. The SMILES string of the molecule is CCOC(=O)[C@H]1[C@@H]2O[C@@]3(CC2Br)[C@@H]1C(=O)N(CCCO)[C@@H]3C(=O)NCc1ccccc1. The van der Waals surface area contributed by atoms with Crippen molar-refractivity contribution in [3.63, 3.8) is 0 Å². The molecule has 3 aliphatic rings. The Hall–Kier alpha value is -1.97. The molecule has 3 saturated heterocycles. The molecule has 0 radical (unpaired) electrons. The number of rotatable bonds is 8. The predicted molar refractivity (Wildman–Crippen MR) is 114 cm³/mol. The van der Waals surface area contributed by atoms with Crippen molar-refractivity contribution in [1.29, 1.82) is 0 Å². The summed E-state index contributed by atoms with van der Waals surface area (Å²) in [5, 5.41) is 12.3. The summed E-state index contributed by atoms with van der Waals surface area (Å²) in [6, 6.07) is 8.64. The first-order valence-electron chi connectivity index (χ1n) is 10.7. The van der Waals surface area contributed by atoms with E-state index < -0.39 is 35.6 Å². The summed E-state index contributed by atoms with van der Waals surface area (Å²) >= 11 is 3.60. The monoisotopic (exact) mass is 494 g/mol. The molecule has 3 fully saturated rings. The van der Waals surface area contributed by atoms with E-state index in [0.717, 1.165) is 5.56 Å². The first-order valence-corrected chi connectivity index (χ1v) is 11.6. The van der Waals surface area contributed by atoms with Crippen LogP contribution in [-0.4, -0.2) is 70.1 Å². The molecule has 2 amide bonds. The summed E-state index contributed by atoms with van der Waals surface area (Å²) in [7, 11) is 0. The van der Waals surface area contributed by atoms with Crippen LogP contribution in [0.15, 0.2) is 30.3 Å². The number of aliphatic hydroxyl groups is 1. The number of aliphatic hydroxyl groups excluding tert-OH is 1. The number of carbonyl (C=O) groups excluding carboxylic acids is 3. The standard InChI is InChI=1S/C22H27BrN2O6/c1-2-30-21(29)15-16-20(28)25(9-6-10-26)18(22(16)11-14(23)17(15)31-22)19(27)24-12-13-7-4-3-5-8-13/h3-5,7-8,14-18,26H,2,6,9-12H2,1H3,(H,24,27)/t14?,15-,16+,17-,18-,22+/m1/s1. The fourth-order valence-electron chi connectivity index (χ4n) is 5.30. The van der Waals surface area contributed by atoms with E-state index in [0.29, 0.717) is 19.4 Å². The lowest BCUT2D eigenvalue weighted by Gasteiger charge is -2.34. The van der Waals surface area contributed by atoms with Gasteiger partial charge in [-0.3, -0.25) is 14.4 Å². The van der Waals surface area contributed by atoms with Gasteiger partial charge in [-0.15, -0.1) is 0 Å². The molecule has 1 spiro atoms. The minimum Gasteiger partial charge on any atom is -0.466 e. The Morgan fingerprint density at radius 3 is 2.77 bits per heavy atom. The van der Waals surface area contributed by atoms with Crippen molar-refractivity contribution in [2.45, 2.75) is 48.9 Å². The van der Waals surface area contributed by atoms with Gasteiger partial charge in [-0.25, -0.2) is 0 Å². The molecule has 2 N–H and O–H groups in total. The molecule has 0 aliphatic carbocycles. The normalized spacial score (nSPS) is 33.5. The van der Waals surface area contributed by atoms with Crippen molar-refractivity contribution in [3.05, 3.63) is 35.9 Å². The Kier molecular flexibility index (Phi) is 6.37. The maximum atomic E-state index is 13.5. The number of hydrogen-bond donors (Lipinski definition) is 2. The van der Waals surface area contributed by atoms with Crippen molar-refractivity contribution >= 4 is 33.7 Å². The largest absolute Gasteiger partial charge is 0.466 e. The fourth-order valence-corrected chi connectivity index (χ4v) is 6.24. The Morgan fingerprint density at radius 2 is 2.10 bits per heavy atom. The molecule has 2 bridgehead atoms. The molecule has 0 saturated carbocycles. The second-order valence-electron chi connectivity index (χ2n) is 8.23. The van der Waals surface area contributed by atoms with Gasteiger partial charge in [0.05, 0.1) is 24.5 Å². The first-order chi connectivity index (χ1) is 14.9. The Bertz CT molecular complexity index is 852. The summed E-state index contributed by atoms with van der Waals surface area (Å²) in [4.78, 5) is 40.9. The van der Waals surface area contributed by atoms with Gasteiger partial charge in [0.2, 0.25) is 11.8 Å². The van der Waals surface area contributed by atoms with Gasteiger partial charge in [0.1, 0.15) is 11.6 Å². The number of alkyl halides is 1. The summed E-state index contributed by atoms with van der Waals surface area (Å²) in [5.41, 5.74) is -0.153. The second-order valence-corrected chi connectivity index (χ2v) is 9.40. The third-order valence-electron chi connectivity index (χ3n) is 6.46. The van der Waals surface area contributed by atoms with Gasteiger partial charge in [0, 0.05) is 24.5 Å². The second kappa shape index (κ2) is 8.88. The number of benzene rings is 1. The number of nitrogens with one attached hydrogen (secondary N) is 1. The summed E-state index contributed by atoms with van der Waals surface area (Å²) < 4.78 is 11.6. The molecule has 3 aliphatic heterocycles. The molecule has 6 atom stereocenters. The number of likely N-dealkylation sites (tertiary alicyclic amines) is 1. The molecule has 0 aromatic heterocycles. The number of nitrogens with zero attached hydrogens (tertiary/aromatic N) is 1. The van der Waals surface area contributed by atoms with E-state index in [4.69, 9.17) is 9.47 Å². The minimum atomic E-state index is -1.09. The number of amides is 2. The number of halogens is 1. The number of ether oxygens (including phenoxy) is 2. The number of fused-ring (bicyclic) bond motifs is 1. The number of hydrogen-bond acceptors (Lipinski definition) is 6. The minimum absolute atomic E-state index is 0.105. The van der Waals surface area contributed by atoms with Crippen LogP contribution in [0, 0.1) is 11.8 Å². The first kappa shape index (κ1) is 22.2. The molecule has 3 heterocycles. The average Bonchev–Trinajstić information content (AvgIpc) is 3.35. The van der Waals surface area contributed by atoms with E-state index in [-0.39, 0.29) is 36.4 Å². The highest BCUT2D eigenvalue weighted by atomic mass is 79.9. The van der Waals surface area contributed by atoms with Crippen molar-refractivity contribution in [2.24, 2.45) is 11.8 Å². The van der Waals surface area contributed by atoms with Crippen molar-refractivity contribution in [2.75, 3.05) is 19.8 Å². The Balaban J connectivity index is 1.64. The van der Waals surface area contributed by atoms with Crippen molar-refractivity contribution < 1.29 is 29.0 Å². The van der Waals surface area contributed by atoms with E-state index in [1.807, 2.05) is 30.3 Å². The summed E-state index contributed by atoms with van der Waals surface area (Å²) in [6.07, 6.45) is 0.267. The molecule has 8 nitrogen and oxygen atoms in total. The van der Waals surface area contributed by atoms with E-state index in [2.05, 4.69) is 21.2 Å². The van der Waals surface area contributed by atoms with E-state index in [9.17, 15) is 19.5 Å². The van der Waals surface area contributed by atoms with Gasteiger partial charge < -0.3 is 24.8 Å². The van der Waals surface area contributed by atoms with Crippen molar-refractivity contribution in [3.8, 4) is 0 Å². The smallest absolute Gasteiger partial charge is 0.312 e. The Labute approximate surface area is 189 Å². The zero-order valence-electron chi connectivity index (χ0n) is 17.3. The van der Waals surface area contributed by atoms with Gasteiger partial charge in [0.15, 0.2) is 0 Å². The lowest BCUT2D eigenvalue weighted by molar-refractivity contribution is -0.154. The fraction of sp³-hybridized carbons (Fsp3) is 0.591. The van der Waals surface area contributed by atoms with Gasteiger partial charge in [-0.1, -0.05) is 46.3 Å². The topological polar surface area (TPSA) is 105 Å². The molecule has 1 aromatic rings. The third-order valence-corrected chi connectivity index (χ3v) is 7.31. The summed E-state index contributed by atoms with van der Waals surface area (Å²) in [5.74, 6) is -2.59. The van der Waals surface area contributed by atoms with Crippen molar-refractivity contribution in [1.82, 2.24) is 10.2 Å². The van der Waals surface area contributed by atoms with Crippen LogP contribution in [0.1, 0.15) is 25.3 Å². The predicted octanol–water partition coefficient (Wildman–Crippen LogP) is 0.996. The number of carbonyl (C=O) groups is 3. The molecule has 31 heavy (non-hydrogen) atoms. The molecule has 1 aromatic carbocycles. The maximum absolute atomic E-state index is 13.5. The van der Waals surface area contributed by atoms with Gasteiger partial charge in [0.25, 0.3) is 0 Å². The van der Waals surface area contributed by atoms with Crippen LogP contribution in [0.4, 0.5) is 0 Å². The zero-order chi connectivity index (χ0) is 22.2. The highest BCUT2D eigenvalue weighted by Crippen LogP contribution is 2.60. The van der Waals surface area contributed by atoms with Gasteiger partial charge in [-0.2, -0.15) is 0 Å². The van der Waals surface area contributed by atoms with Crippen LogP contribution < -0.4 is 5.32 Å². The maximum Gasteiger partial charge on any atom is 0.312 e. The highest BCUT2D eigenvalue weighted by molar-refractivity contribution is 9.09. The quantitative estimate of drug-likeness (QED) is 0.412. The molecular formula is C22H27BrN2O6. The van der Waals surface area contributed by atoms with Crippen LogP contribution >= 0.6 is 15.9 Å². The van der Waals surface area contributed by atoms with Crippen LogP contribution in [0.25, 0.3) is 0 Å². The van der Waals surface area contributed by atoms with E-state index in [1.165, 1.54) is 4.90 Å². The molecule has 1 unspecified atom stereocenters. The molecule has 4 rings (SSSR count). The average molecular weight is 495 g/mol. The highest BCUT2D eigenvalue weighted by Gasteiger charge is 2.76. The van der Waals surface area contributed by atoms with Gasteiger partial charge in [-0.05, 0) is 25.3 Å². The van der Waals surface area contributed by atoms with Crippen LogP contribution in [0.2, 0.25) is 0 Å². The molecule has 9 heteroatoms. The Morgan fingerprint density at radius 1 is 1.35 bits per heavy atom. The lowest BCUT2D eigenvalue weighted by Crippen LogP contribution is -2.55. The van der Waals surface area contributed by atoms with Crippen LogP contribution in [0.3, 0.4) is 0 Å². The zero-order valence-corrected chi connectivity index (χ0v) is 18.9.